The van der Waals surface area contributed by atoms with Crippen molar-refractivity contribution in [2.45, 2.75) is 44.7 Å². The quantitative estimate of drug-likeness (QED) is 0.895. The van der Waals surface area contributed by atoms with Crippen molar-refractivity contribution in [1.82, 2.24) is 10.2 Å². The normalized spacial score (nSPS) is 31.9. The van der Waals surface area contributed by atoms with Crippen molar-refractivity contribution in [3.8, 4) is 11.5 Å². The van der Waals surface area contributed by atoms with E-state index in [2.05, 4.69) is 29.3 Å². The summed E-state index contributed by atoms with van der Waals surface area (Å²) in [5, 5.41) is 3.12. The van der Waals surface area contributed by atoms with Crippen LogP contribution in [0.1, 0.15) is 37.8 Å². The van der Waals surface area contributed by atoms with E-state index in [4.69, 9.17) is 9.47 Å². The first kappa shape index (κ1) is 17.2. The minimum atomic E-state index is -0.350. The Hall–Kier alpha value is -2.24. The summed E-state index contributed by atoms with van der Waals surface area (Å²) in [4.78, 5) is 26.6. The molecule has 1 spiro atoms. The van der Waals surface area contributed by atoms with Gasteiger partial charge in [-0.1, -0.05) is 6.92 Å². The lowest BCUT2D eigenvalue weighted by Gasteiger charge is -2.44. The predicted molar refractivity (Wildman–Crippen MR) is 96.1 cm³/mol. The summed E-state index contributed by atoms with van der Waals surface area (Å²) < 4.78 is 11.0. The topological polar surface area (TPSA) is 67.9 Å². The molecule has 0 aromatic heterocycles. The average molecular weight is 358 g/mol. The van der Waals surface area contributed by atoms with Gasteiger partial charge in [0.2, 0.25) is 11.8 Å². The van der Waals surface area contributed by atoms with E-state index in [1.54, 1.807) is 21.1 Å². The molecule has 1 saturated carbocycles. The Kier molecular flexibility index (Phi) is 3.90. The zero-order valence-corrected chi connectivity index (χ0v) is 15.8. The molecule has 2 heterocycles. The molecular weight excluding hydrogens is 332 g/mol. The molecule has 2 aliphatic heterocycles. The predicted octanol–water partition coefficient (Wildman–Crippen LogP) is 1.85. The largest absolute Gasteiger partial charge is 0.493 e. The van der Waals surface area contributed by atoms with Crippen LogP contribution in [-0.2, 0) is 21.5 Å². The minimum Gasteiger partial charge on any atom is -0.493 e. The number of nitrogens with zero attached hydrogens (tertiary/aromatic N) is 1. The van der Waals surface area contributed by atoms with Gasteiger partial charge in [0.1, 0.15) is 0 Å². The summed E-state index contributed by atoms with van der Waals surface area (Å²) in [5.74, 6) is 1.97. The lowest BCUT2D eigenvalue weighted by molar-refractivity contribution is -0.132. The van der Waals surface area contributed by atoms with Gasteiger partial charge in [-0.25, -0.2) is 0 Å². The van der Waals surface area contributed by atoms with Gasteiger partial charge in [-0.15, -0.1) is 0 Å². The van der Waals surface area contributed by atoms with Crippen molar-refractivity contribution in [1.29, 1.82) is 0 Å². The molecule has 4 atom stereocenters. The Labute approximate surface area is 153 Å². The fourth-order valence-electron chi connectivity index (χ4n) is 5.61. The highest BCUT2D eigenvalue weighted by atomic mass is 16.5. The molecule has 1 aromatic rings. The molecule has 140 valence electrons. The monoisotopic (exact) mass is 358 g/mol. The van der Waals surface area contributed by atoms with Crippen molar-refractivity contribution in [2.75, 3.05) is 20.8 Å². The highest BCUT2D eigenvalue weighted by Gasteiger charge is 2.63. The second kappa shape index (κ2) is 5.89. The highest BCUT2D eigenvalue weighted by molar-refractivity contribution is 5.83. The Morgan fingerprint density at radius 1 is 1.27 bits per heavy atom. The number of amides is 2. The second-order valence-electron chi connectivity index (χ2n) is 7.80. The molecule has 6 heteroatoms. The van der Waals surface area contributed by atoms with Gasteiger partial charge in [0, 0.05) is 31.8 Å². The Morgan fingerprint density at radius 3 is 2.62 bits per heavy atom. The SMILES string of the molecule is COc1cc2c(cc1OC)[C@@]13C[C@H](C)[C@@H](NC(C)=O)[C@@H]1CC(=O)N3CC2. The van der Waals surface area contributed by atoms with Crippen molar-refractivity contribution in [2.24, 2.45) is 11.8 Å². The summed E-state index contributed by atoms with van der Waals surface area (Å²) in [6.07, 6.45) is 2.16. The number of nitrogens with one attached hydrogen (secondary N) is 1. The Balaban J connectivity index is 1.88. The summed E-state index contributed by atoms with van der Waals surface area (Å²) in [7, 11) is 3.28. The van der Waals surface area contributed by atoms with Crippen LogP contribution in [0.25, 0.3) is 0 Å². The number of carbonyl (C=O) groups excluding carboxylic acids is 2. The van der Waals surface area contributed by atoms with Crippen molar-refractivity contribution >= 4 is 11.8 Å². The highest BCUT2D eigenvalue weighted by Crippen LogP contribution is 2.59. The van der Waals surface area contributed by atoms with E-state index in [0.717, 1.165) is 30.7 Å². The molecule has 0 radical (unpaired) electrons. The van der Waals surface area contributed by atoms with Gasteiger partial charge >= 0.3 is 0 Å². The van der Waals surface area contributed by atoms with Crippen LogP contribution in [-0.4, -0.2) is 43.5 Å². The first-order valence-electron chi connectivity index (χ1n) is 9.25. The third-order valence-electron chi connectivity index (χ3n) is 6.52. The lowest BCUT2D eigenvalue weighted by atomic mass is 9.75. The number of hydrogen-bond acceptors (Lipinski definition) is 4. The minimum absolute atomic E-state index is 0.0143. The third-order valence-corrected chi connectivity index (χ3v) is 6.52. The number of ether oxygens (including phenoxy) is 2. The molecule has 6 nitrogen and oxygen atoms in total. The first-order chi connectivity index (χ1) is 12.4. The fourth-order valence-corrected chi connectivity index (χ4v) is 5.61. The molecule has 4 rings (SSSR count). The molecule has 2 fully saturated rings. The molecule has 1 N–H and O–H groups in total. The zero-order valence-electron chi connectivity index (χ0n) is 15.8. The van der Waals surface area contributed by atoms with Crippen molar-refractivity contribution in [3.05, 3.63) is 23.3 Å². The van der Waals surface area contributed by atoms with Crippen LogP contribution >= 0.6 is 0 Å². The standard InChI is InChI=1S/C20H26N2O4/c1-11-10-20-14-8-17(26-4)16(25-3)7-13(14)5-6-22(20)18(24)9-15(20)19(11)21-12(2)23/h7-8,11,15,19H,5-6,9-10H2,1-4H3,(H,21,23)/t11-,15-,19+,20-/m0/s1. The van der Waals surface area contributed by atoms with Gasteiger partial charge in [0.05, 0.1) is 19.8 Å². The molecule has 2 amide bonds. The van der Waals surface area contributed by atoms with Crippen LogP contribution in [0.5, 0.6) is 11.5 Å². The van der Waals surface area contributed by atoms with Crippen LogP contribution in [0.3, 0.4) is 0 Å². The molecule has 26 heavy (non-hydrogen) atoms. The van der Waals surface area contributed by atoms with Gasteiger partial charge in [-0.2, -0.15) is 0 Å². The van der Waals surface area contributed by atoms with Crippen molar-refractivity contribution in [3.63, 3.8) is 0 Å². The van der Waals surface area contributed by atoms with Gasteiger partial charge < -0.3 is 19.7 Å². The maximum absolute atomic E-state index is 12.8. The van der Waals surface area contributed by atoms with Gasteiger partial charge in [0.25, 0.3) is 0 Å². The second-order valence-corrected chi connectivity index (χ2v) is 7.80. The maximum Gasteiger partial charge on any atom is 0.223 e. The van der Waals surface area contributed by atoms with Gasteiger partial charge in [-0.3, -0.25) is 9.59 Å². The van der Waals surface area contributed by atoms with Gasteiger partial charge in [0.15, 0.2) is 11.5 Å². The van der Waals surface area contributed by atoms with E-state index >= 15 is 0 Å². The van der Waals surface area contributed by atoms with Crippen molar-refractivity contribution < 1.29 is 19.1 Å². The summed E-state index contributed by atoms with van der Waals surface area (Å²) in [6, 6.07) is 4.12. The summed E-state index contributed by atoms with van der Waals surface area (Å²) >= 11 is 0. The fraction of sp³-hybridized carbons (Fsp3) is 0.600. The van der Waals surface area contributed by atoms with E-state index in [1.165, 1.54) is 5.56 Å². The van der Waals surface area contributed by atoms with Crippen LogP contribution in [0, 0.1) is 11.8 Å². The Bertz CT molecular complexity index is 777. The molecule has 0 unspecified atom stereocenters. The smallest absolute Gasteiger partial charge is 0.223 e. The molecular formula is C20H26N2O4. The summed E-state index contributed by atoms with van der Waals surface area (Å²) in [5.41, 5.74) is 2.03. The number of rotatable bonds is 3. The van der Waals surface area contributed by atoms with Crippen LogP contribution in [0.2, 0.25) is 0 Å². The maximum atomic E-state index is 12.8. The Morgan fingerprint density at radius 2 is 1.96 bits per heavy atom. The van der Waals surface area contributed by atoms with Crippen LogP contribution < -0.4 is 14.8 Å². The number of carbonyl (C=O) groups is 2. The van der Waals surface area contributed by atoms with E-state index in [9.17, 15) is 9.59 Å². The average Bonchev–Trinajstić information content (AvgIpc) is 3.03. The summed E-state index contributed by atoms with van der Waals surface area (Å²) in [6.45, 7) is 4.44. The van der Waals surface area contributed by atoms with E-state index in [-0.39, 0.29) is 29.3 Å². The first-order valence-corrected chi connectivity index (χ1v) is 9.25. The molecule has 1 saturated heterocycles. The molecule has 1 aliphatic carbocycles. The van der Waals surface area contributed by atoms with Gasteiger partial charge in [-0.05, 0) is 42.0 Å². The van der Waals surface area contributed by atoms with E-state index in [1.807, 2.05) is 0 Å². The van der Waals surface area contributed by atoms with E-state index in [0.29, 0.717) is 18.1 Å². The molecule has 1 aromatic carbocycles. The number of benzene rings is 1. The zero-order chi connectivity index (χ0) is 18.6. The number of fused-ring (bicyclic) bond motifs is 1. The van der Waals surface area contributed by atoms with Crippen LogP contribution in [0.15, 0.2) is 12.1 Å². The lowest BCUT2D eigenvalue weighted by Crippen LogP contribution is -2.50. The number of hydrogen-bond donors (Lipinski definition) is 1. The number of methoxy groups -OCH3 is 2. The third kappa shape index (κ3) is 2.17. The van der Waals surface area contributed by atoms with Crippen LogP contribution in [0.4, 0.5) is 0 Å². The van der Waals surface area contributed by atoms with E-state index < -0.39 is 0 Å². The molecule has 3 aliphatic rings. The molecule has 0 bridgehead atoms.